The van der Waals surface area contributed by atoms with Gasteiger partial charge in [-0.2, -0.15) is 0 Å². The third kappa shape index (κ3) is 10.6. The first-order chi connectivity index (χ1) is 9.44. The molecule has 0 radical (unpaired) electrons. The summed E-state index contributed by atoms with van der Waals surface area (Å²) in [4.78, 5) is 0. The van der Waals surface area contributed by atoms with Gasteiger partial charge in [-0.15, -0.1) is 0 Å². The molecule has 3 heteroatoms. The van der Waals surface area contributed by atoms with Gasteiger partial charge in [0.15, 0.2) is 0 Å². The molecule has 0 saturated carbocycles. The van der Waals surface area contributed by atoms with Gasteiger partial charge in [0.25, 0.3) is 0 Å². The quantitative estimate of drug-likeness (QED) is 0.378. The Morgan fingerprint density at radius 3 is 1.75 bits per heavy atom. The Morgan fingerprint density at radius 2 is 1.30 bits per heavy atom. The molecule has 3 nitrogen and oxygen atoms in total. The molecule has 0 heterocycles. The molecule has 0 bridgehead atoms. The highest BCUT2D eigenvalue weighted by Gasteiger charge is 2.22. The van der Waals surface area contributed by atoms with Gasteiger partial charge in [-0.25, -0.2) is 0 Å². The molecule has 0 fully saturated rings. The van der Waals surface area contributed by atoms with E-state index in [2.05, 4.69) is 43.6 Å². The third-order valence-electron chi connectivity index (χ3n) is 3.76. The molecule has 0 rings (SSSR count). The second-order valence-electron chi connectivity index (χ2n) is 6.97. The highest BCUT2D eigenvalue weighted by molar-refractivity contribution is 4.84. The smallest absolute Gasteiger partial charge is 0.0725 e. The van der Waals surface area contributed by atoms with E-state index in [1.807, 2.05) is 14.1 Å². The van der Waals surface area contributed by atoms with E-state index < -0.39 is 0 Å². The van der Waals surface area contributed by atoms with Crippen LogP contribution < -0.4 is 16.0 Å². The van der Waals surface area contributed by atoms with Gasteiger partial charge in [-0.05, 0) is 41.3 Å². The minimum absolute atomic E-state index is 0.164. The summed E-state index contributed by atoms with van der Waals surface area (Å²) in [6, 6.07) is 0.487. The van der Waals surface area contributed by atoms with E-state index in [0.29, 0.717) is 12.2 Å². The second kappa shape index (κ2) is 11.5. The number of rotatable bonds is 12. The number of likely N-dealkylation sites (N-methyl/N-ethyl adjacent to an activating group) is 2. The maximum atomic E-state index is 3.74. The molecule has 1 atom stereocenters. The van der Waals surface area contributed by atoms with E-state index in [9.17, 15) is 0 Å². The van der Waals surface area contributed by atoms with Crippen LogP contribution in [0.4, 0.5) is 0 Å². The summed E-state index contributed by atoms with van der Waals surface area (Å²) >= 11 is 0. The lowest BCUT2D eigenvalue weighted by atomic mass is 10.00. The summed E-state index contributed by atoms with van der Waals surface area (Å²) in [5, 5.41) is 10.5. The van der Waals surface area contributed by atoms with Crippen molar-refractivity contribution in [2.24, 2.45) is 0 Å². The minimum atomic E-state index is 0.164. The van der Waals surface area contributed by atoms with E-state index >= 15 is 0 Å². The molecular formula is C17H39N3. The summed E-state index contributed by atoms with van der Waals surface area (Å²) in [6.45, 7) is 9.01. The Bertz CT molecular complexity index is 207. The normalized spacial score (nSPS) is 13.9. The first kappa shape index (κ1) is 19.9. The van der Waals surface area contributed by atoms with Crippen LogP contribution >= 0.6 is 0 Å². The molecule has 0 aromatic rings. The summed E-state index contributed by atoms with van der Waals surface area (Å²) in [7, 11) is 4.06. The van der Waals surface area contributed by atoms with Crippen LogP contribution in [-0.4, -0.2) is 31.8 Å². The van der Waals surface area contributed by atoms with Gasteiger partial charge in [0.2, 0.25) is 0 Å². The number of hydrogen-bond donors (Lipinski definition) is 3. The van der Waals surface area contributed by atoms with Crippen molar-refractivity contribution in [2.45, 2.75) is 96.8 Å². The Labute approximate surface area is 127 Å². The van der Waals surface area contributed by atoms with Gasteiger partial charge >= 0.3 is 0 Å². The summed E-state index contributed by atoms with van der Waals surface area (Å²) < 4.78 is 0. The van der Waals surface area contributed by atoms with Crippen LogP contribution in [0.15, 0.2) is 0 Å². The van der Waals surface area contributed by atoms with Crippen LogP contribution in [0.3, 0.4) is 0 Å². The van der Waals surface area contributed by atoms with Gasteiger partial charge in [-0.1, -0.05) is 51.9 Å². The summed E-state index contributed by atoms with van der Waals surface area (Å²) in [6.07, 6.45) is 11.2. The maximum absolute atomic E-state index is 3.74. The van der Waals surface area contributed by atoms with E-state index in [0.717, 1.165) is 0 Å². The highest BCUT2D eigenvalue weighted by Crippen LogP contribution is 2.13. The second-order valence-corrected chi connectivity index (χ2v) is 6.97. The van der Waals surface area contributed by atoms with Crippen molar-refractivity contribution >= 4 is 0 Å². The lowest BCUT2D eigenvalue weighted by Crippen LogP contribution is -2.58. The van der Waals surface area contributed by atoms with Gasteiger partial charge in [0.05, 0.1) is 6.17 Å². The van der Waals surface area contributed by atoms with Crippen LogP contribution in [0.5, 0.6) is 0 Å². The predicted octanol–water partition coefficient (Wildman–Crippen LogP) is 3.65. The molecule has 0 amide bonds. The monoisotopic (exact) mass is 285 g/mol. The van der Waals surface area contributed by atoms with Crippen LogP contribution in [-0.2, 0) is 0 Å². The Balaban J connectivity index is 3.98. The van der Waals surface area contributed by atoms with Gasteiger partial charge < -0.3 is 16.0 Å². The van der Waals surface area contributed by atoms with Gasteiger partial charge in [0, 0.05) is 11.6 Å². The average molecular weight is 286 g/mol. The van der Waals surface area contributed by atoms with Gasteiger partial charge in [0.1, 0.15) is 0 Å². The Hall–Kier alpha value is -0.120. The average Bonchev–Trinajstić information content (AvgIpc) is 2.37. The number of nitrogens with one attached hydrogen (secondary N) is 3. The van der Waals surface area contributed by atoms with Crippen molar-refractivity contribution in [1.82, 2.24) is 16.0 Å². The fourth-order valence-corrected chi connectivity index (χ4v) is 2.75. The maximum Gasteiger partial charge on any atom is 0.0725 e. The standard InChI is InChI=1S/C17H39N3/c1-7-8-9-10-11-12-13-14-15(16(18-5)19-6)20-17(2,3)4/h15-16,18-20H,7-14H2,1-6H3. The highest BCUT2D eigenvalue weighted by atomic mass is 15.2. The molecule has 3 N–H and O–H groups in total. The third-order valence-corrected chi connectivity index (χ3v) is 3.76. The zero-order chi connectivity index (χ0) is 15.4. The summed E-state index contributed by atoms with van der Waals surface area (Å²) in [5.41, 5.74) is 0.164. The van der Waals surface area contributed by atoms with Crippen molar-refractivity contribution in [3.63, 3.8) is 0 Å². The zero-order valence-electron chi connectivity index (χ0n) is 14.8. The van der Waals surface area contributed by atoms with E-state index in [4.69, 9.17) is 0 Å². The topological polar surface area (TPSA) is 36.1 Å². The lowest BCUT2D eigenvalue weighted by molar-refractivity contribution is 0.264. The van der Waals surface area contributed by atoms with Crippen molar-refractivity contribution in [3.8, 4) is 0 Å². The fraction of sp³-hybridized carbons (Fsp3) is 1.00. The van der Waals surface area contributed by atoms with Gasteiger partial charge in [-0.3, -0.25) is 0 Å². The van der Waals surface area contributed by atoms with Crippen molar-refractivity contribution in [1.29, 1.82) is 0 Å². The number of unbranched alkanes of at least 4 members (excludes halogenated alkanes) is 6. The van der Waals surface area contributed by atoms with Crippen LogP contribution in [0.25, 0.3) is 0 Å². The molecule has 0 aromatic heterocycles. The fourth-order valence-electron chi connectivity index (χ4n) is 2.75. The number of hydrogen-bond acceptors (Lipinski definition) is 3. The molecule has 0 aliphatic heterocycles. The molecule has 0 aromatic carbocycles. The molecule has 0 aliphatic rings. The lowest BCUT2D eigenvalue weighted by Gasteiger charge is -2.34. The van der Waals surface area contributed by atoms with E-state index in [1.54, 1.807) is 0 Å². The van der Waals surface area contributed by atoms with Crippen LogP contribution in [0.1, 0.15) is 79.1 Å². The molecule has 20 heavy (non-hydrogen) atoms. The predicted molar refractivity (Wildman–Crippen MR) is 91.2 cm³/mol. The van der Waals surface area contributed by atoms with E-state index in [-0.39, 0.29) is 5.54 Å². The summed E-state index contributed by atoms with van der Waals surface area (Å²) in [5.74, 6) is 0. The van der Waals surface area contributed by atoms with Crippen molar-refractivity contribution in [3.05, 3.63) is 0 Å². The SMILES string of the molecule is CCCCCCCCCC(NC(C)(C)C)C(NC)NC. The zero-order valence-corrected chi connectivity index (χ0v) is 14.8. The first-order valence-corrected chi connectivity index (χ1v) is 8.56. The minimum Gasteiger partial charge on any atom is -0.306 e. The molecule has 122 valence electrons. The van der Waals surface area contributed by atoms with Crippen molar-refractivity contribution in [2.75, 3.05) is 14.1 Å². The largest absolute Gasteiger partial charge is 0.306 e. The van der Waals surface area contributed by atoms with Crippen molar-refractivity contribution < 1.29 is 0 Å². The molecule has 0 aliphatic carbocycles. The molecule has 0 saturated heterocycles. The van der Waals surface area contributed by atoms with Crippen LogP contribution in [0.2, 0.25) is 0 Å². The Kier molecular flexibility index (Phi) is 11.5. The first-order valence-electron chi connectivity index (χ1n) is 8.56. The Morgan fingerprint density at radius 1 is 0.800 bits per heavy atom. The molecular weight excluding hydrogens is 246 g/mol. The van der Waals surface area contributed by atoms with Crippen LogP contribution in [0, 0.1) is 0 Å². The van der Waals surface area contributed by atoms with E-state index in [1.165, 1.54) is 51.4 Å². The molecule has 0 spiro atoms. The molecule has 1 unspecified atom stereocenters.